The summed E-state index contributed by atoms with van der Waals surface area (Å²) in [4.78, 5) is 8.24. The predicted octanol–water partition coefficient (Wildman–Crippen LogP) is 3.47. The molecule has 0 unspecified atom stereocenters. The lowest BCUT2D eigenvalue weighted by Crippen LogP contribution is -2.38. The Morgan fingerprint density at radius 2 is 2.08 bits per heavy atom. The molecule has 2 aromatic rings. The van der Waals surface area contributed by atoms with Gasteiger partial charge >= 0.3 is 0 Å². The third-order valence-electron chi connectivity index (χ3n) is 4.08. The van der Waals surface area contributed by atoms with E-state index in [1.807, 2.05) is 6.20 Å². The average Bonchev–Trinajstić information content (AvgIpc) is 3.03. The normalized spacial score (nSPS) is 11.6. The number of nitrogens with zero attached hydrogens (tertiary/aromatic N) is 3. The first-order chi connectivity index (χ1) is 12.1. The van der Waals surface area contributed by atoms with E-state index >= 15 is 0 Å². The van der Waals surface area contributed by atoms with Gasteiger partial charge in [0.05, 0.1) is 6.20 Å². The SMILES string of the molecule is CCNC(=NCCCc1cn[nH]c1C)N(C)Cc1ccc(SC)cc1. The van der Waals surface area contributed by atoms with Crippen molar-refractivity contribution in [2.75, 3.05) is 26.4 Å². The number of nitrogens with one attached hydrogen (secondary N) is 2. The molecule has 0 bridgehead atoms. The second-order valence-electron chi connectivity index (χ2n) is 6.06. The van der Waals surface area contributed by atoms with E-state index in [1.165, 1.54) is 16.0 Å². The monoisotopic (exact) mass is 359 g/mol. The number of hydrogen-bond donors (Lipinski definition) is 2. The van der Waals surface area contributed by atoms with Crippen molar-refractivity contribution in [3.63, 3.8) is 0 Å². The van der Waals surface area contributed by atoms with Crippen molar-refractivity contribution in [2.24, 2.45) is 4.99 Å². The van der Waals surface area contributed by atoms with Crippen molar-refractivity contribution in [3.05, 3.63) is 47.3 Å². The van der Waals surface area contributed by atoms with Gasteiger partial charge in [-0.3, -0.25) is 10.1 Å². The molecule has 1 aromatic heterocycles. The van der Waals surface area contributed by atoms with Crippen LogP contribution in [0, 0.1) is 6.92 Å². The van der Waals surface area contributed by atoms with E-state index in [0.29, 0.717) is 0 Å². The summed E-state index contributed by atoms with van der Waals surface area (Å²) < 4.78 is 0. The van der Waals surface area contributed by atoms with Gasteiger partial charge in [0.25, 0.3) is 0 Å². The zero-order valence-corrected chi connectivity index (χ0v) is 16.5. The summed E-state index contributed by atoms with van der Waals surface area (Å²) in [5.74, 6) is 0.959. The average molecular weight is 360 g/mol. The quantitative estimate of drug-likeness (QED) is 0.328. The molecule has 0 amide bonds. The standard InChI is InChI=1S/C19H29N5S/c1-5-20-19(21-12-6-7-17-13-22-23-15(17)2)24(3)14-16-8-10-18(25-4)11-9-16/h8-11,13H,5-7,12,14H2,1-4H3,(H,20,21)(H,22,23). The maximum Gasteiger partial charge on any atom is 0.193 e. The first-order valence-corrected chi connectivity index (χ1v) is 9.97. The number of aromatic nitrogens is 2. The van der Waals surface area contributed by atoms with Crippen LogP contribution in [0.1, 0.15) is 30.2 Å². The van der Waals surface area contributed by atoms with Crippen LogP contribution in [0.4, 0.5) is 0 Å². The number of aryl methyl sites for hydroxylation is 2. The minimum Gasteiger partial charge on any atom is -0.357 e. The summed E-state index contributed by atoms with van der Waals surface area (Å²) >= 11 is 1.77. The summed E-state index contributed by atoms with van der Waals surface area (Å²) in [5, 5.41) is 10.4. The maximum atomic E-state index is 4.77. The Balaban J connectivity index is 1.89. The maximum absolute atomic E-state index is 4.77. The fourth-order valence-corrected chi connectivity index (χ4v) is 3.04. The molecule has 6 heteroatoms. The van der Waals surface area contributed by atoms with E-state index in [-0.39, 0.29) is 0 Å². The molecular weight excluding hydrogens is 330 g/mol. The number of aliphatic imine (C=N–C) groups is 1. The lowest BCUT2D eigenvalue weighted by molar-refractivity contribution is 0.476. The third kappa shape index (κ3) is 6.12. The van der Waals surface area contributed by atoms with Crippen LogP contribution < -0.4 is 5.32 Å². The van der Waals surface area contributed by atoms with Crippen LogP contribution >= 0.6 is 11.8 Å². The minimum atomic E-state index is 0.808. The van der Waals surface area contributed by atoms with E-state index in [0.717, 1.165) is 44.1 Å². The molecule has 0 atom stereocenters. The molecule has 0 saturated carbocycles. The highest BCUT2D eigenvalue weighted by molar-refractivity contribution is 7.98. The molecule has 0 aliphatic heterocycles. The molecule has 5 nitrogen and oxygen atoms in total. The Morgan fingerprint density at radius 1 is 1.32 bits per heavy atom. The first-order valence-electron chi connectivity index (χ1n) is 8.75. The number of aromatic amines is 1. The molecule has 0 fully saturated rings. The Bertz CT molecular complexity index is 663. The van der Waals surface area contributed by atoms with Crippen LogP contribution in [0.5, 0.6) is 0 Å². The molecule has 2 N–H and O–H groups in total. The summed E-state index contributed by atoms with van der Waals surface area (Å²) in [5.41, 5.74) is 3.73. The topological polar surface area (TPSA) is 56.3 Å². The number of rotatable bonds is 8. The van der Waals surface area contributed by atoms with Crippen LogP contribution in [0.25, 0.3) is 0 Å². The van der Waals surface area contributed by atoms with Crippen molar-refractivity contribution >= 4 is 17.7 Å². The van der Waals surface area contributed by atoms with Crippen molar-refractivity contribution in [2.45, 2.75) is 38.1 Å². The van der Waals surface area contributed by atoms with Gasteiger partial charge in [0.1, 0.15) is 0 Å². The van der Waals surface area contributed by atoms with E-state index in [2.05, 4.69) is 71.8 Å². The Hall–Kier alpha value is -1.95. The molecule has 1 aromatic carbocycles. The summed E-state index contributed by atoms with van der Waals surface area (Å²) in [6, 6.07) is 8.72. The first kappa shape index (κ1) is 19.4. The Kier molecular flexibility index (Phi) is 7.85. The molecule has 0 aliphatic rings. The minimum absolute atomic E-state index is 0.808. The lowest BCUT2D eigenvalue weighted by atomic mass is 10.1. The van der Waals surface area contributed by atoms with Gasteiger partial charge in [-0.15, -0.1) is 11.8 Å². The smallest absolute Gasteiger partial charge is 0.193 e. The van der Waals surface area contributed by atoms with Crippen molar-refractivity contribution in [1.82, 2.24) is 20.4 Å². The zero-order chi connectivity index (χ0) is 18.1. The summed E-state index contributed by atoms with van der Waals surface area (Å²) in [7, 11) is 2.09. The van der Waals surface area contributed by atoms with Crippen molar-refractivity contribution in [1.29, 1.82) is 0 Å². The predicted molar refractivity (Wildman–Crippen MR) is 107 cm³/mol. The molecule has 1 heterocycles. The fourth-order valence-electron chi connectivity index (χ4n) is 2.63. The van der Waals surface area contributed by atoms with Gasteiger partial charge in [0.15, 0.2) is 5.96 Å². The van der Waals surface area contributed by atoms with Crippen molar-refractivity contribution < 1.29 is 0 Å². The summed E-state index contributed by atoms with van der Waals surface area (Å²) in [6.45, 7) is 6.69. The second-order valence-corrected chi connectivity index (χ2v) is 6.94. The molecule has 25 heavy (non-hydrogen) atoms. The second kappa shape index (κ2) is 10.1. The van der Waals surface area contributed by atoms with E-state index < -0.39 is 0 Å². The Morgan fingerprint density at radius 3 is 2.68 bits per heavy atom. The molecule has 0 saturated heterocycles. The Labute approximate surface area is 155 Å². The van der Waals surface area contributed by atoms with Gasteiger partial charge in [0.2, 0.25) is 0 Å². The van der Waals surface area contributed by atoms with Crippen LogP contribution in [-0.4, -0.2) is 47.4 Å². The van der Waals surface area contributed by atoms with Gasteiger partial charge in [-0.25, -0.2) is 0 Å². The molecule has 136 valence electrons. The van der Waals surface area contributed by atoms with Gasteiger partial charge < -0.3 is 10.2 Å². The third-order valence-corrected chi connectivity index (χ3v) is 4.82. The zero-order valence-electron chi connectivity index (χ0n) is 15.7. The molecule has 0 radical (unpaired) electrons. The molecule has 0 aliphatic carbocycles. The van der Waals surface area contributed by atoms with Gasteiger partial charge in [-0.1, -0.05) is 12.1 Å². The number of hydrogen-bond acceptors (Lipinski definition) is 3. The number of benzene rings is 1. The van der Waals surface area contributed by atoms with Gasteiger partial charge in [0, 0.05) is 37.3 Å². The molecule has 2 rings (SSSR count). The number of thioether (sulfide) groups is 1. The van der Waals surface area contributed by atoms with Crippen LogP contribution in [0.3, 0.4) is 0 Å². The van der Waals surface area contributed by atoms with Crippen LogP contribution in [0.15, 0.2) is 40.4 Å². The van der Waals surface area contributed by atoms with Gasteiger partial charge in [-0.2, -0.15) is 5.10 Å². The summed E-state index contributed by atoms with van der Waals surface area (Å²) in [6.07, 6.45) is 6.04. The lowest BCUT2D eigenvalue weighted by Gasteiger charge is -2.22. The highest BCUT2D eigenvalue weighted by Crippen LogP contribution is 2.15. The van der Waals surface area contributed by atoms with E-state index in [1.54, 1.807) is 11.8 Å². The largest absolute Gasteiger partial charge is 0.357 e. The van der Waals surface area contributed by atoms with Crippen molar-refractivity contribution in [3.8, 4) is 0 Å². The van der Waals surface area contributed by atoms with Gasteiger partial charge in [-0.05, 0) is 56.2 Å². The molecular formula is C19H29N5S. The number of guanidine groups is 1. The van der Waals surface area contributed by atoms with E-state index in [9.17, 15) is 0 Å². The highest BCUT2D eigenvalue weighted by atomic mass is 32.2. The van der Waals surface area contributed by atoms with E-state index in [4.69, 9.17) is 4.99 Å². The van der Waals surface area contributed by atoms with Crippen LogP contribution in [-0.2, 0) is 13.0 Å². The highest BCUT2D eigenvalue weighted by Gasteiger charge is 2.07. The van der Waals surface area contributed by atoms with Crippen LogP contribution in [0.2, 0.25) is 0 Å². The fraction of sp³-hybridized carbons (Fsp3) is 0.474. The molecule has 0 spiro atoms. The number of H-pyrrole nitrogens is 1.